The van der Waals surface area contributed by atoms with E-state index in [-0.39, 0.29) is 10.9 Å². The standard InChI is InChI=1S/C28H23FN4O3/c1-31-25-22(27(34)32(2)28(31)35)24(16-10-4-6-12-18(16)29)33-20-14-8-7-13-19(20)30-23(26(25)33)17-11-5-9-15-21(17)36-3/h4-15,23,30H,1-3H3. The molecule has 0 radical (unpaired) electrons. The number of rotatable bonds is 3. The molecule has 180 valence electrons. The van der Waals surface area contributed by atoms with Gasteiger partial charge in [-0.25, -0.2) is 9.18 Å². The number of benzene rings is 3. The van der Waals surface area contributed by atoms with Gasteiger partial charge in [-0.2, -0.15) is 0 Å². The van der Waals surface area contributed by atoms with E-state index in [0.29, 0.717) is 22.7 Å². The molecule has 0 fully saturated rings. The van der Waals surface area contributed by atoms with E-state index in [1.54, 1.807) is 32.4 Å². The van der Waals surface area contributed by atoms with Gasteiger partial charge in [-0.15, -0.1) is 0 Å². The second-order valence-corrected chi connectivity index (χ2v) is 8.81. The van der Waals surface area contributed by atoms with E-state index in [9.17, 15) is 9.59 Å². The summed E-state index contributed by atoms with van der Waals surface area (Å²) < 4.78 is 25.5. The molecule has 1 aliphatic rings. The van der Waals surface area contributed by atoms with Crippen molar-refractivity contribution in [1.82, 2.24) is 13.7 Å². The van der Waals surface area contributed by atoms with Gasteiger partial charge in [-0.1, -0.05) is 42.5 Å². The Bertz CT molecular complexity index is 1800. The van der Waals surface area contributed by atoms with Gasteiger partial charge in [0, 0.05) is 25.2 Å². The zero-order valence-corrected chi connectivity index (χ0v) is 19.9. The monoisotopic (exact) mass is 482 g/mol. The molecular weight excluding hydrogens is 459 g/mol. The van der Waals surface area contributed by atoms with Crippen LogP contribution in [0.2, 0.25) is 0 Å². The Morgan fingerprint density at radius 3 is 2.36 bits per heavy atom. The lowest BCUT2D eigenvalue weighted by atomic mass is 9.98. The zero-order valence-electron chi connectivity index (χ0n) is 19.9. The third-order valence-electron chi connectivity index (χ3n) is 6.91. The van der Waals surface area contributed by atoms with Crippen molar-refractivity contribution in [1.29, 1.82) is 0 Å². The number of aryl methyl sites for hydroxylation is 1. The van der Waals surface area contributed by atoms with Crippen LogP contribution in [0.25, 0.3) is 27.8 Å². The van der Waals surface area contributed by atoms with E-state index in [4.69, 9.17) is 4.74 Å². The second-order valence-electron chi connectivity index (χ2n) is 8.81. The molecule has 3 heterocycles. The van der Waals surface area contributed by atoms with Crippen molar-refractivity contribution < 1.29 is 9.13 Å². The van der Waals surface area contributed by atoms with Crippen LogP contribution in [-0.4, -0.2) is 20.8 Å². The number of nitrogens with one attached hydrogen (secondary N) is 1. The van der Waals surface area contributed by atoms with E-state index in [1.165, 1.54) is 17.7 Å². The predicted molar refractivity (Wildman–Crippen MR) is 138 cm³/mol. The largest absolute Gasteiger partial charge is 0.496 e. The summed E-state index contributed by atoms with van der Waals surface area (Å²) in [7, 11) is 4.68. The Hall–Kier alpha value is -4.59. The van der Waals surface area contributed by atoms with Gasteiger partial charge in [0.15, 0.2) is 0 Å². The average Bonchev–Trinajstić information content (AvgIpc) is 3.27. The van der Waals surface area contributed by atoms with Gasteiger partial charge < -0.3 is 14.6 Å². The Morgan fingerprint density at radius 1 is 0.889 bits per heavy atom. The number of hydrogen-bond acceptors (Lipinski definition) is 4. The zero-order chi connectivity index (χ0) is 25.1. The first-order chi connectivity index (χ1) is 17.4. The van der Waals surface area contributed by atoms with Gasteiger partial charge in [-0.3, -0.25) is 13.9 Å². The van der Waals surface area contributed by atoms with Crippen molar-refractivity contribution in [2.45, 2.75) is 6.04 Å². The molecule has 1 unspecified atom stereocenters. The molecule has 0 saturated heterocycles. The number of nitrogens with zero attached hydrogens (tertiary/aromatic N) is 3. The van der Waals surface area contributed by atoms with E-state index in [2.05, 4.69) is 5.32 Å². The van der Waals surface area contributed by atoms with Crippen LogP contribution in [0.1, 0.15) is 17.3 Å². The first-order valence-electron chi connectivity index (χ1n) is 11.5. The molecular formula is C28H23FN4O3. The lowest BCUT2D eigenvalue weighted by molar-refractivity contribution is 0.408. The number of para-hydroxylation sites is 3. The lowest BCUT2D eigenvalue weighted by Crippen LogP contribution is -2.37. The second kappa shape index (κ2) is 7.98. The number of aromatic nitrogens is 3. The minimum atomic E-state index is -0.489. The number of anilines is 1. The van der Waals surface area contributed by atoms with Gasteiger partial charge in [0.05, 0.1) is 46.8 Å². The first-order valence-corrected chi connectivity index (χ1v) is 11.5. The summed E-state index contributed by atoms with van der Waals surface area (Å²) in [5.74, 6) is 0.192. The number of ether oxygens (including phenoxy) is 1. The first kappa shape index (κ1) is 21.9. The van der Waals surface area contributed by atoms with Gasteiger partial charge in [0.1, 0.15) is 11.6 Å². The Morgan fingerprint density at radius 2 is 1.58 bits per heavy atom. The Labute approximate surface area is 205 Å². The van der Waals surface area contributed by atoms with Crippen LogP contribution in [0.3, 0.4) is 0 Å². The molecule has 0 spiro atoms. The Balaban J connectivity index is 1.89. The predicted octanol–water partition coefficient (Wildman–Crippen LogP) is 4.36. The molecule has 0 saturated carbocycles. The van der Waals surface area contributed by atoms with E-state index in [0.717, 1.165) is 21.5 Å². The van der Waals surface area contributed by atoms with Gasteiger partial charge in [0.25, 0.3) is 5.56 Å². The number of hydrogen-bond donors (Lipinski definition) is 1. The number of methoxy groups -OCH3 is 1. The van der Waals surface area contributed by atoms with Crippen molar-refractivity contribution in [2.24, 2.45) is 14.1 Å². The maximum Gasteiger partial charge on any atom is 0.331 e. The van der Waals surface area contributed by atoms with E-state index < -0.39 is 23.1 Å². The highest BCUT2D eigenvalue weighted by Gasteiger charge is 2.36. The van der Waals surface area contributed by atoms with Crippen molar-refractivity contribution in [3.05, 3.63) is 111 Å². The lowest BCUT2D eigenvalue weighted by Gasteiger charge is -2.31. The third-order valence-corrected chi connectivity index (χ3v) is 6.91. The maximum atomic E-state index is 15.4. The molecule has 5 aromatic rings. The van der Waals surface area contributed by atoms with Crippen molar-refractivity contribution in [3.63, 3.8) is 0 Å². The van der Waals surface area contributed by atoms with Crippen LogP contribution in [0.4, 0.5) is 10.1 Å². The topological polar surface area (TPSA) is 70.2 Å². The van der Waals surface area contributed by atoms with Crippen molar-refractivity contribution in [3.8, 4) is 22.7 Å². The van der Waals surface area contributed by atoms with Crippen LogP contribution in [0.5, 0.6) is 5.75 Å². The smallest absolute Gasteiger partial charge is 0.331 e. The fourth-order valence-electron chi connectivity index (χ4n) is 5.26. The summed E-state index contributed by atoms with van der Waals surface area (Å²) in [6.07, 6.45) is 0. The summed E-state index contributed by atoms with van der Waals surface area (Å²) >= 11 is 0. The maximum absolute atomic E-state index is 15.4. The summed E-state index contributed by atoms with van der Waals surface area (Å²) in [6.45, 7) is 0. The van der Waals surface area contributed by atoms with Gasteiger partial charge in [0.2, 0.25) is 0 Å². The fraction of sp³-hybridized carbons (Fsp3) is 0.143. The summed E-state index contributed by atoms with van der Waals surface area (Å²) in [5.41, 5.74) is 3.22. The molecule has 2 aromatic heterocycles. The van der Waals surface area contributed by atoms with E-state index >= 15 is 4.39 Å². The van der Waals surface area contributed by atoms with Crippen LogP contribution in [0.15, 0.2) is 82.4 Å². The molecule has 1 aliphatic heterocycles. The highest BCUT2D eigenvalue weighted by atomic mass is 19.1. The minimum absolute atomic E-state index is 0.276. The number of halogens is 1. The molecule has 0 amide bonds. The van der Waals surface area contributed by atoms with Gasteiger partial charge >= 0.3 is 5.69 Å². The molecule has 8 heteroatoms. The summed E-state index contributed by atoms with van der Waals surface area (Å²) in [4.78, 5) is 26.8. The molecule has 0 aliphatic carbocycles. The molecule has 1 N–H and O–H groups in total. The highest BCUT2D eigenvalue weighted by Crippen LogP contribution is 2.47. The summed E-state index contributed by atoms with van der Waals surface area (Å²) in [6, 6.07) is 21.1. The Kier molecular flexibility index (Phi) is 4.86. The van der Waals surface area contributed by atoms with E-state index in [1.807, 2.05) is 53.1 Å². The van der Waals surface area contributed by atoms with Crippen LogP contribution in [0, 0.1) is 5.82 Å². The fourth-order valence-corrected chi connectivity index (χ4v) is 5.26. The highest BCUT2D eigenvalue weighted by molar-refractivity contribution is 5.99. The molecule has 6 rings (SSSR count). The van der Waals surface area contributed by atoms with Crippen molar-refractivity contribution >= 4 is 16.6 Å². The third kappa shape index (κ3) is 2.90. The quantitative estimate of drug-likeness (QED) is 0.415. The normalized spacial score (nSPS) is 14.3. The molecule has 3 aromatic carbocycles. The van der Waals surface area contributed by atoms with Crippen molar-refractivity contribution in [2.75, 3.05) is 12.4 Å². The average molecular weight is 483 g/mol. The molecule has 36 heavy (non-hydrogen) atoms. The molecule has 1 atom stereocenters. The van der Waals surface area contributed by atoms with Crippen LogP contribution < -0.4 is 21.3 Å². The van der Waals surface area contributed by atoms with Crippen LogP contribution >= 0.6 is 0 Å². The van der Waals surface area contributed by atoms with Gasteiger partial charge in [-0.05, 0) is 30.3 Å². The minimum Gasteiger partial charge on any atom is -0.496 e. The molecule has 7 nitrogen and oxygen atoms in total. The SMILES string of the molecule is COc1ccccc1C1Nc2ccccc2-n2c(-c3ccccc3F)c3c(=O)n(C)c(=O)n(C)c3c21. The summed E-state index contributed by atoms with van der Waals surface area (Å²) in [5, 5.41) is 3.85. The number of fused-ring (bicyclic) bond motifs is 5. The molecule has 0 bridgehead atoms. The van der Waals surface area contributed by atoms with Crippen LogP contribution in [-0.2, 0) is 14.1 Å².